The molecule has 3 rings (SSSR count). The Labute approximate surface area is 146 Å². The van der Waals surface area contributed by atoms with Crippen molar-refractivity contribution in [3.63, 3.8) is 0 Å². The van der Waals surface area contributed by atoms with Crippen molar-refractivity contribution >= 4 is 22.5 Å². The number of hydrogen-bond donors (Lipinski definition) is 2. The molecular weight excluding hydrogens is 322 g/mol. The Balaban J connectivity index is 1.46. The first-order valence-corrected chi connectivity index (χ1v) is 9.21. The monoisotopic (exact) mass is 345 g/mol. The maximum Gasteiger partial charge on any atom is 0.321 e. The van der Waals surface area contributed by atoms with Gasteiger partial charge in [0.05, 0.1) is 0 Å². The molecule has 2 aromatic rings. The third-order valence-corrected chi connectivity index (χ3v) is 4.99. The predicted octanol–water partition coefficient (Wildman–Crippen LogP) is 3.23. The maximum atomic E-state index is 11.8. The number of benzene rings is 1. The topological polar surface area (TPSA) is 70.2 Å². The van der Waals surface area contributed by atoms with Crippen molar-refractivity contribution in [2.75, 3.05) is 11.9 Å². The Hall–Kier alpha value is -1.99. The zero-order valence-corrected chi connectivity index (χ0v) is 14.7. The third kappa shape index (κ3) is 4.75. The molecule has 1 saturated heterocycles. The van der Waals surface area contributed by atoms with E-state index in [9.17, 15) is 4.79 Å². The lowest BCUT2D eigenvalue weighted by atomic mass is 10.0. The quantitative estimate of drug-likeness (QED) is 0.873. The van der Waals surface area contributed by atoms with E-state index in [4.69, 9.17) is 0 Å². The number of likely N-dealkylation sites (tertiary alicyclic amines) is 1. The number of aromatic nitrogens is 2. The summed E-state index contributed by atoms with van der Waals surface area (Å²) in [4.78, 5) is 14.3. The van der Waals surface area contributed by atoms with Gasteiger partial charge >= 0.3 is 6.03 Å². The molecule has 2 N–H and O–H groups in total. The van der Waals surface area contributed by atoms with Gasteiger partial charge in [-0.1, -0.05) is 42.0 Å². The summed E-state index contributed by atoms with van der Waals surface area (Å²) in [6.45, 7) is 5.00. The van der Waals surface area contributed by atoms with Crippen LogP contribution in [0.25, 0.3) is 0 Å². The fourth-order valence-corrected chi connectivity index (χ4v) is 3.38. The number of nitrogens with zero attached hydrogens (tertiary/aromatic N) is 3. The van der Waals surface area contributed by atoms with Gasteiger partial charge in [0.15, 0.2) is 0 Å². The number of carbonyl (C=O) groups is 1. The summed E-state index contributed by atoms with van der Waals surface area (Å²) in [6, 6.07) is 8.87. The van der Waals surface area contributed by atoms with E-state index >= 15 is 0 Å². The molecule has 1 fully saturated rings. The van der Waals surface area contributed by atoms with Crippen molar-refractivity contribution < 1.29 is 4.79 Å². The molecule has 2 amide bonds. The lowest BCUT2D eigenvalue weighted by molar-refractivity contribution is 0.152. The number of anilines is 1. The molecule has 1 aromatic heterocycles. The van der Waals surface area contributed by atoms with Crippen molar-refractivity contribution in [2.45, 2.75) is 45.3 Å². The Bertz CT molecular complexity index is 644. The van der Waals surface area contributed by atoms with Crippen LogP contribution < -0.4 is 10.6 Å². The zero-order valence-electron chi connectivity index (χ0n) is 13.9. The van der Waals surface area contributed by atoms with E-state index in [1.54, 1.807) is 5.51 Å². The van der Waals surface area contributed by atoms with Gasteiger partial charge < -0.3 is 5.32 Å². The smallest absolute Gasteiger partial charge is 0.321 e. The Kier molecular flexibility index (Phi) is 5.77. The van der Waals surface area contributed by atoms with Crippen molar-refractivity contribution in [3.05, 3.63) is 40.9 Å². The van der Waals surface area contributed by atoms with Crippen LogP contribution in [0.5, 0.6) is 0 Å². The highest BCUT2D eigenvalue weighted by molar-refractivity contribution is 7.13. The van der Waals surface area contributed by atoms with E-state index in [1.165, 1.54) is 42.7 Å². The van der Waals surface area contributed by atoms with Gasteiger partial charge in [-0.3, -0.25) is 10.2 Å². The second-order valence-electron chi connectivity index (χ2n) is 6.18. The molecule has 1 aromatic carbocycles. The van der Waals surface area contributed by atoms with Gasteiger partial charge in [0.2, 0.25) is 5.13 Å². The first-order chi connectivity index (χ1) is 11.7. The van der Waals surface area contributed by atoms with Gasteiger partial charge in [0, 0.05) is 19.1 Å². The summed E-state index contributed by atoms with van der Waals surface area (Å²) >= 11 is 1.29. The molecule has 7 heteroatoms. The van der Waals surface area contributed by atoms with Gasteiger partial charge in [-0.2, -0.15) is 0 Å². The number of amides is 2. The van der Waals surface area contributed by atoms with Crippen LogP contribution >= 0.6 is 11.3 Å². The molecule has 0 radical (unpaired) electrons. The first kappa shape index (κ1) is 16.9. The molecule has 24 heavy (non-hydrogen) atoms. The number of piperidine rings is 1. The fourth-order valence-electron chi connectivity index (χ4n) is 2.94. The first-order valence-electron chi connectivity index (χ1n) is 8.33. The van der Waals surface area contributed by atoms with Gasteiger partial charge in [-0.25, -0.2) is 4.79 Å². The summed E-state index contributed by atoms with van der Waals surface area (Å²) < 4.78 is 0. The van der Waals surface area contributed by atoms with Crippen LogP contribution in [0.4, 0.5) is 9.93 Å². The Morgan fingerprint density at radius 1 is 1.29 bits per heavy atom. The molecule has 0 bridgehead atoms. The van der Waals surface area contributed by atoms with Crippen LogP contribution in [0.2, 0.25) is 0 Å². The highest BCUT2D eigenvalue weighted by Gasteiger charge is 2.17. The molecule has 0 aliphatic carbocycles. The minimum atomic E-state index is -0.266. The molecule has 1 aliphatic heterocycles. The molecule has 0 spiro atoms. The van der Waals surface area contributed by atoms with Crippen LogP contribution in [0, 0.1) is 0 Å². The Morgan fingerprint density at radius 3 is 2.79 bits per heavy atom. The summed E-state index contributed by atoms with van der Waals surface area (Å²) in [5.74, 6) is 0. The van der Waals surface area contributed by atoms with Crippen molar-refractivity contribution in [1.82, 2.24) is 20.4 Å². The Morgan fingerprint density at radius 2 is 2.08 bits per heavy atom. The second kappa shape index (κ2) is 8.21. The number of nitrogens with one attached hydrogen (secondary N) is 2. The zero-order chi connectivity index (χ0) is 16.8. The summed E-state index contributed by atoms with van der Waals surface area (Å²) in [6.07, 6.45) is 3.95. The number of urea groups is 1. The van der Waals surface area contributed by atoms with Gasteiger partial charge in [0.25, 0.3) is 0 Å². The molecule has 6 nitrogen and oxygen atoms in total. The van der Waals surface area contributed by atoms with Crippen LogP contribution in [0.1, 0.15) is 37.3 Å². The van der Waals surface area contributed by atoms with Crippen LogP contribution in [-0.2, 0) is 13.1 Å². The van der Waals surface area contributed by atoms with Crippen molar-refractivity contribution in [2.24, 2.45) is 0 Å². The second-order valence-corrected chi connectivity index (χ2v) is 7.02. The van der Waals surface area contributed by atoms with Gasteiger partial charge in [0.1, 0.15) is 5.51 Å². The normalized spacial score (nSPS) is 18.3. The van der Waals surface area contributed by atoms with Gasteiger partial charge in [-0.15, -0.1) is 10.2 Å². The summed E-state index contributed by atoms with van der Waals surface area (Å²) in [7, 11) is 0. The SMILES string of the molecule is C[C@H]1CCCCN1Cc1ccc(CNC(=O)Nc2nncs2)cc1. The van der Waals surface area contributed by atoms with Crippen LogP contribution in [0.15, 0.2) is 29.8 Å². The molecular formula is C17H23N5OS. The number of rotatable bonds is 5. The fraction of sp³-hybridized carbons (Fsp3) is 0.471. The molecule has 2 heterocycles. The van der Waals surface area contributed by atoms with Crippen molar-refractivity contribution in [3.8, 4) is 0 Å². The molecule has 0 unspecified atom stereocenters. The van der Waals surface area contributed by atoms with E-state index in [2.05, 4.69) is 56.9 Å². The van der Waals surface area contributed by atoms with Crippen LogP contribution in [-0.4, -0.2) is 33.7 Å². The van der Waals surface area contributed by atoms with E-state index in [0.29, 0.717) is 17.7 Å². The highest BCUT2D eigenvalue weighted by atomic mass is 32.1. The maximum absolute atomic E-state index is 11.8. The molecule has 1 atom stereocenters. The summed E-state index contributed by atoms with van der Waals surface area (Å²) in [5.41, 5.74) is 3.99. The minimum Gasteiger partial charge on any atom is -0.334 e. The van der Waals surface area contributed by atoms with Crippen LogP contribution in [0.3, 0.4) is 0 Å². The largest absolute Gasteiger partial charge is 0.334 e. The average Bonchev–Trinajstić information content (AvgIpc) is 3.09. The van der Waals surface area contributed by atoms with E-state index < -0.39 is 0 Å². The lowest BCUT2D eigenvalue weighted by Crippen LogP contribution is -2.36. The average molecular weight is 345 g/mol. The molecule has 0 saturated carbocycles. The lowest BCUT2D eigenvalue weighted by Gasteiger charge is -2.33. The predicted molar refractivity (Wildman–Crippen MR) is 95.9 cm³/mol. The number of hydrogen-bond acceptors (Lipinski definition) is 5. The standard InChI is InChI=1S/C17H23N5OS/c1-13-4-2-3-9-22(13)11-15-7-5-14(6-8-15)10-18-16(23)20-17-21-19-12-24-17/h5-8,12-13H,2-4,9-11H2,1H3,(H2,18,20,21,23)/t13-/m0/s1. The minimum absolute atomic E-state index is 0.266. The summed E-state index contributed by atoms with van der Waals surface area (Å²) in [5, 5.41) is 13.4. The van der Waals surface area contributed by atoms with Crippen molar-refractivity contribution in [1.29, 1.82) is 0 Å². The van der Waals surface area contributed by atoms with E-state index in [-0.39, 0.29) is 6.03 Å². The van der Waals surface area contributed by atoms with Gasteiger partial charge in [-0.05, 0) is 37.4 Å². The number of carbonyl (C=O) groups excluding carboxylic acids is 1. The third-order valence-electron chi connectivity index (χ3n) is 4.38. The van der Waals surface area contributed by atoms with E-state index in [0.717, 1.165) is 12.1 Å². The highest BCUT2D eigenvalue weighted by Crippen LogP contribution is 2.19. The molecule has 1 aliphatic rings. The molecule has 128 valence electrons. The van der Waals surface area contributed by atoms with E-state index in [1.807, 2.05) is 0 Å².